The van der Waals surface area contributed by atoms with Crippen LogP contribution in [0.2, 0.25) is 0 Å². The molecule has 2 unspecified atom stereocenters. The first-order valence-corrected chi connectivity index (χ1v) is 9.59. The van der Waals surface area contributed by atoms with Crippen molar-refractivity contribution in [2.24, 2.45) is 5.92 Å². The summed E-state index contributed by atoms with van der Waals surface area (Å²) in [6.07, 6.45) is 8.43. The molecule has 0 bridgehead atoms. The summed E-state index contributed by atoms with van der Waals surface area (Å²) < 4.78 is 0. The van der Waals surface area contributed by atoms with Gasteiger partial charge in [-0.15, -0.1) is 11.3 Å². The zero-order valence-electron chi connectivity index (χ0n) is 13.6. The minimum Gasteiger partial charge on any atom is -0.309 e. The number of piperazine rings is 1. The lowest BCUT2D eigenvalue weighted by Gasteiger charge is -2.49. The van der Waals surface area contributed by atoms with Gasteiger partial charge in [0.15, 0.2) is 0 Å². The number of rotatable bonds is 4. The largest absolute Gasteiger partial charge is 0.309 e. The summed E-state index contributed by atoms with van der Waals surface area (Å²) in [5, 5.41) is 6.08. The van der Waals surface area contributed by atoms with E-state index in [4.69, 9.17) is 0 Å². The number of hydrogen-bond donors (Lipinski definition) is 1. The Morgan fingerprint density at radius 3 is 2.81 bits per heavy atom. The molecule has 2 atom stereocenters. The van der Waals surface area contributed by atoms with Gasteiger partial charge in [-0.25, -0.2) is 0 Å². The van der Waals surface area contributed by atoms with E-state index < -0.39 is 0 Å². The third kappa shape index (κ3) is 3.69. The SMILES string of the molecule is CCC1(C)CN(Cc2cccs2)C(C2CCCCC2)CN1. The molecule has 0 aromatic carbocycles. The average Bonchev–Trinajstić information content (AvgIpc) is 3.01. The molecule has 3 heteroatoms. The Morgan fingerprint density at radius 1 is 1.33 bits per heavy atom. The maximum atomic E-state index is 3.86. The predicted molar refractivity (Wildman–Crippen MR) is 91.8 cm³/mol. The molecule has 1 N–H and O–H groups in total. The van der Waals surface area contributed by atoms with Crippen LogP contribution in [0.1, 0.15) is 57.2 Å². The van der Waals surface area contributed by atoms with Crippen molar-refractivity contribution < 1.29 is 0 Å². The van der Waals surface area contributed by atoms with Gasteiger partial charge in [-0.1, -0.05) is 32.3 Å². The molecule has 0 spiro atoms. The lowest BCUT2D eigenvalue weighted by atomic mass is 9.80. The number of nitrogens with zero attached hydrogens (tertiary/aromatic N) is 1. The standard InChI is InChI=1S/C18H30N2S/c1-3-18(2)14-20(13-16-10-7-11-21-16)17(12-19-18)15-8-5-4-6-9-15/h7,10-11,15,17,19H,3-6,8-9,12-14H2,1-2H3. The molecule has 0 amide bonds. The van der Waals surface area contributed by atoms with E-state index in [-0.39, 0.29) is 0 Å². The average molecular weight is 307 g/mol. The topological polar surface area (TPSA) is 15.3 Å². The van der Waals surface area contributed by atoms with Crippen molar-refractivity contribution in [2.45, 2.75) is 70.5 Å². The van der Waals surface area contributed by atoms with Gasteiger partial charge < -0.3 is 5.32 Å². The molecule has 2 heterocycles. The fraction of sp³-hybridized carbons (Fsp3) is 0.778. The highest BCUT2D eigenvalue weighted by Crippen LogP contribution is 2.33. The first kappa shape index (κ1) is 15.5. The van der Waals surface area contributed by atoms with Gasteiger partial charge in [-0.3, -0.25) is 4.90 Å². The fourth-order valence-corrected chi connectivity index (χ4v) is 4.83. The third-order valence-corrected chi connectivity index (χ3v) is 6.53. The highest BCUT2D eigenvalue weighted by Gasteiger charge is 2.38. The van der Waals surface area contributed by atoms with E-state index in [2.05, 4.69) is 41.6 Å². The molecule has 0 radical (unpaired) electrons. The molecule has 21 heavy (non-hydrogen) atoms. The summed E-state index contributed by atoms with van der Waals surface area (Å²) in [5.74, 6) is 0.910. The molecule has 1 saturated carbocycles. The normalized spacial score (nSPS) is 32.4. The molecule has 1 aliphatic carbocycles. The maximum absolute atomic E-state index is 3.86. The quantitative estimate of drug-likeness (QED) is 0.893. The van der Waals surface area contributed by atoms with E-state index in [1.165, 1.54) is 56.5 Å². The Balaban J connectivity index is 1.73. The van der Waals surface area contributed by atoms with Crippen molar-refractivity contribution in [1.29, 1.82) is 0 Å². The van der Waals surface area contributed by atoms with Crippen LogP contribution < -0.4 is 5.32 Å². The lowest BCUT2D eigenvalue weighted by molar-refractivity contribution is 0.0353. The van der Waals surface area contributed by atoms with Crippen molar-refractivity contribution >= 4 is 11.3 Å². The van der Waals surface area contributed by atoms with E-state index in [0.29, 0.717) is 5.54 Å². The molecule has 1 aliphatic heterocycles. The van der Waals surface area contributed by atoms with Crippen LogP contribution in [-0.4, -0.2) is 29.6 Å². The van der Waals surface area contributed by atoms with Gasteiger partial charge >= 0.3 is 0 Å². The molecule has 118 valence electrons. The lowest BCUT2D eigenvalue weighted by Crippen LogP contribution is -2.64. The van der Waals surface area contributed by atoms with Crippen LogP contribution in [-0.2, 0) is 6.54 Å². The Bertz CT molecular complexity index is 424. The van der Waals surface area contributed by atoms with E-state index in [9.17, 15) is 0 Å². The van der Waals surface area contributed by atoms with Crippen molar-refractivity contribution in [1.82, 2.24) is 10.2 Å². The minimum atomic E-state index is 0.294. The molecular weight excluding hydrogens is 276 g/mol. The predicted octanol–water partition coefficient (Wildman–Crippen LogP) is 4.27. The van der Waals surface area contributed by atoms with Crippen molar-refractivity contribution in [3.8, 4) is 0 Å². The van der Waals surface area contributed by atoms with E-state index in [1.807, 2.05) is 11.3 Å². The second-order valence-electron chi connectivity index (χ2n) is 7.24. The summed E-state index contributed by atoms with van der Waals surface area (Å²) in [5.41, 5.74) is 0.294. The van der Waals surface area contributed by atoms with Crippen molar-refractivity contribution in [3.63, 3.8) is 0 Å². The van der Waals surface area contributed by atoms with E-state index in [0.717, 1.165) is 18.5 Å². The van der Waals surface area contributed by atoms with Crippen molar-refractivity contribution in [3.05, 3.63) is 22.4 Å². The number of nitrogens with one attached hydrogen (secondary N) is 1. The summed E-state index contributed by atoms with van der Waals surface area (Å²) in [6.45, 7) is 8.24. The maximum Gasteiger partial charge on any atom is 0.0332 e. The van der Waals surface area contributed by atoms with E-state index in [1.54, 1.807) is 0 Å². The molecule has 1 aromatic rings. The molecule has 1 saturated heterocycles. The number of hydrogen-bond acceptors (Lipinski definition) is 3. The third-order valence-electron chi connectivity index (χ3n) is 5.67. The van der Waals surface area contributed by atoms with Crippen LogP contribution in [0.5, 0.6) is 0 Å². The zero-order chi connectivity index (χ0) is 14.7. The molecule has 3 rings (SSSR count). The monoisotopic (exact) mass is 306 g/mol. The molecule has 2 nitrogen and oxygen atoms in total. The van der Waals surface area contributed by atoms with Gasteiger partial charge in [0, 0.05) is 36.1 Å². The summed E-state index contributed by atoms with van der Waals surface area (Å²) >= 11 is 1.91. The second-order valence-corrected chi connectivity index (χ2v) is 8.28. The van der Waals surface area contributed by atoms with Gasteiger partial charge in [-0.2, -0.15) is 0 Å². The minimum absolute atomic E-state index is 0.294. The Hall–Kier alpha value is -0.380. The van der Waals surface area contributed by atoms with Crippen LogP contribution in [0.25, 0.3) is 0 Å². The Labute approximate surface area is 133 Å². The van der Waals surface area contributed by atoms with E-state index >= 15 is 0 Å². The Kier molecular flexibility index (Phi) is 5.03. The smallest absolute Gasteiger partial charge is 0.0332 e. The van der Waals surface area contributed by atoms with Gasteiger partial charge in [0.25, 0.3) is 0 Å². The second kappa shape index (κ2) is 6.80. The summed E-state index contributed by atoms with van der Waals surface area (Å²) in [6, 6.07) is 5.23. The van der Waals surface area contributed by atoms with Gasteiger partial charge in [0.05, 0.1) is 0 Å². The zero-order valence-corrected chi connectivity index (χ0v) is 14.4. The molecule has 1 aromatic heterocycles. The highest BCUT2D eigenvalue weighted by molar-refractivity contribution is 7.09. The van der Waals surface area contributed by atoms with Gasteiger partial charge in [0.2, 0.25) is 0 Å². The van der Waals surface area contributed by atoms with Crippen LogP contribution in [0.15, 0.2) is 17.5 Å². The molecule has 2 aliphatic rings. The first-order chi connectivity index (χ1) is 10.2. The van der Waals surface area contributed by atoms with Crippen LogP contribution in [0.3, 0.4) is 0 Å². The summed E-state index contributed by atoms with van der Waals surface area (Å²) in [7, 11) is 0. The first-order valence-electron chi connectivity index (χ1n) is 8.72. The molecule has 2 fully saturated rings. The Morgan fingerprint density at radius 2 is 2.14 bits per heavy atom. The van der Waals surface area contributed by atoms with Gasteiger partial charge in [-0.05, 0) is 43.6 Å². The van der Waals surface area contributed by atoms with Crippen LogP contribution >= 0.6 is 11.3 Å². The highest BCUT2D eigenvalue weighted by atomic mass is 32.1. The van der Waals surface area contributed by atoms with Crippen LogP contribution in [0.4, 0.5) is 0 Å². The van der Waals surface area contributed by atoms with Gasteiger partial charge in [0.1, 0.15) is 0 Å². The summed E-state index contributed by atoms with van der Waals surface area (Å²) in [4.78, 5) is 4.32. The fourth-order valence-electron chi connectivity index (χ4n) is 4.10. The number of thiophene rings is 1. The molecular formula is C18H30N2S. The van der Waals surface area contributed by atoms with Crippen molar-refractivity contribution in [2.75, 3.05) is 13.1 Å². The van der Waals surface area contributed by atoms with Crippen LogP contribution in [0, 0.1) is 5.92 Å².